The zero-order chi connectivity index (χ0) is 18.8. The molecule has 0 saturated heterocycles. The standard InChI is InChI=1S/C16H12ClN3O5S/c1-24-9-6-12(25-2)14-13(7-9)26-16(18-14)19-15(21)8-3-4-10(17)11(5-8)20(22)23/h3-7H,1-2H3,(H,18,19,21). The third-order valence-electron chi connectivity index (χ3n) is 3.51. The number of hydrogen-bond donors (Lipinski definition) is 1. The lowest BCUT2D eigenvalue weighted by molar-refractivity contribution is -0.384. The molecule has 2 aromatic carbocycles. The third kappa shape index (κ3) is 3.39. The molecule has 3 aromatic rings. The van der Waals surface area contributed by atoms with Crippen LogP contribution in [0.5, 0.6) is 11.5 Å². The van der Waals surface area contributed by atoms with Gasteiger partial charge in [0.05, 0.1) is 23.8 Å². The summed E-state index contributed by atoms with van der Waals surface area (Å²) in [5.74, 6) is 0.581. The summed E-state index contributed by atoms with van der Waals surface area (Å²) in [5.41, 5.74) is 0.343. The third-order valence-corrected chi connectivity index (χ3v) is 4.75. The fourth-order valence-electron chi connectivity index (χ4n) is 2.26. The van der Waals surface area contributed by atoms with Gasteiger partial charge in [0.15, 0.2) is 5.13 Å². The Bertz CT molecular complexity index is 1020. The molecule has 0 spiro atoms. The van der Waals surface area contributed by atoms with E-state index in [1.54, 1.807) is 12.1 Å². The van der Waals surface area contributed by atoms with Crippen molar-refractivity contribution in [1.82, 2.24) is 4.98 Å². The molecule has 8 nitrogen and oxygen atoms in total. The molecule has 0 atom stereocenters. The summed E-state index contributed by atoms with van der Waals surface area (Å²) >= 11 is 6.99. The van der Waals surface area contributed by atoms with E-state index < -0.39 is 10.8 Å². The monoisotopic (exact) mass is 393 g/mol. The minimum Gasteiger partial charge on any atom is -0.497 e. The van der Waals surface area contributed by atoms with Gasteiger partial charge < -0.3 is 9.47 Å². The molecule has 1 amide bonds. The van der Waals surface area contributed by atoms with E-state index in [4.69, 9.17) is 21.1 Å². The number of nitrogens with zero attached hydrogens (tertiary/aromatic N) is 2. The van der Waals surface area contributed by atoms with Gasteiger partial charge in [-0.25, -0.2) is 4.98 Å². The van der Waals surface area contributed by atoms with Gasteiger partial charge in [0.2, 0.25) is 0 Å². The highest BCUT2D eigenvalue weighted by Gasteiger charge is 2.18. The van der Waals surface area contributed by atoms with E-state index in [1.807, 2.05) is 0 Å². The zero-order valence-corrected chi connectivity index (χ0v) is 15.2. The SMILES string of the molecule is COc1cc(OC)c2nc(NC(=O)c3ccc(Cl)c([N+](=O)[O-])c3)sc2c1. The van der Waals surface area contributed by atoms with Gasteiger partial charge in [-0.15, -0.1) is 0 Å². The second kappa shape index (κ2) is 7.14. The summed E-state index contributed by atoms with van der Waals surface area (Å²) in [6.07, 6.45) is 0. The fraction of sp³-hybridized carbons (Fsp3) is 0.125. The van der Waals surface area contributed by atoms with Crippen molar-refractivity contribution in [2.45, 2.75) is 0 Å². The lowest BCUT2D eigenvalue weighted by atomic mass is 10.2. The Hall–Kier alpha value is -2.91. The molecular weight excluding hydrogens is 382 g/mol. The van der Waals surface area contributed by atoms with Crippen molar-refractivity contribution in [1.29, 1.82) is 0 Å². The Morgan fingerprint density at radius 1 is 1.27 bits per heavy atom. The van der Waals surface area contributed by atoms with Gasteiger partial charge in [0, 0.05) is 17.7 Å². The molecule has 0 aliphatic carbocycles. The van der Waals surface area contributed by atoms with E-state index in [1.165, 1.54) is 37.7 Å². The highest BCUT2D eigenvalue weighted by Crippen LogP contribution is 2.36. The number of nitro benzene ring substituents is 1. The number of aromatic nitrogens is 1. The van der Waals surface area contributed by atoms with E-state index in [9.17, 15) is 14.9 Å². The summed E-state index contributed by atoms with van der Waals surface area (Å²) in [7, 11) is 3.05. The van der Waals surface area contributed by atoms with Crippen LogP contribution < -0.4 is 14.8 Å². The van der Waals surface area contributed by atoms with Crippen LogP contribution in [0.1, 0.15) is 10.4 Å². The molecule has 3 rings (SSSR count). The van der Waals surface area contributed by atoms with Gasteiger partial charge in [-0.2, -0.15) is 0 Å². The number of nitro groups is 1. The van der Waals surface area contributed by atoms with Crippen molar-refractivity contribution in [3.05, 3.63) is 51.0 Å². The van der Waals surface area contributed by atoms with E-state index in [0.29, 0.717) is 22.1 Å². The highest BCUT2D eigenvalue weighted by molar-refractivity contribution is 7.22. The molecule has 134 valence electrons. The maximum absolute atomic E-state index is 12.4. The van der Waals surface area contributed by atoms with Gasteiger partial charge in [0.25, 0.3) is 11.6 Å². The van der Waals surface area contributed by atoms with E-state index in [-0.39, 0.29) is 16.3 Å². The highest BCUT2D eigenvalue weighted by atomic mass is 35.5. The Kier molecular flexibility index (Phi) is 4.92. The normalized spacial score (nSPS) is 10.6. The number of thiazole rings is 1. The molecule has 26 heavy (non-hydrogen) atoms. The number of rotatable bonds is 5. The van der Waals surface area contributed by atoms with Crippen LogP contribution in [0.15, 0.2) is 30.3 Å². The first-order chi connectivity index (χ1) is 12.4. The number of methoxy groups -OCH3 is 2. The smallest absolute Gasteiger partial charge is 0.288 e. The van der Waals surface area contributed by atoms with Crippen LogP contribution in [0, 0.1) is 10.1 Å². The molecular formula is C16H12ClN3O5S. The van der Waals surface area contributed by atoms with E-state index >= 15 is 0 Å². The number of fused-ring (bicyclic) bond motifs is 1. The number of anilines is 1. The number of halogens is 1. The molecule has 10 heteroatoms. The molecule has 0 aliphatic heterocycles. The molecule has 1 heterocycles. The van der Waals surface area contributed by atoms with Crippen molar-refractivity contribution < 1.29 is 19.2 Å². The van der Waals surface area contributed by atoms with Crippen LogP contribution in [0.4, 0.5) is 10.8 Å². The van der Waals surface area contributed by atoms with Gasteiger partial charge in [-0.3, -0.25) is 20.2 Å². The van der Waals surface area contributed by atoms with E-state index in [0.717, 1.165) is 10.8 Å². The Morgan fingerprint density at radius 3 is 2.69 bits per heavy atom. The van der Waals surface area contributed by atoms with Crippen molar-refractivity contribution in [3.8, 4) is 11.5 Å². The predicted octanol–water partition coefficient (Wildman–Crippen LogP) is 4.13. The van der Waals surface area contributed by atoms with Crippen LogP contribution in [-0.2, 0) is 0 Å². The van der Waals surface area contributed by atoms with Gasteiger partial charge >= 0.3 is 0 Å². The van der Waals surface area contributed by atoms with Crippen LogP contribution in [0.2, 0.25) is 5.02 Å². The van der Waals surface area contributed by atoms with Crippen LogP contribution in [-0.4, -0.2) is 30.0 Å². The van der Waals surface area contributed by atoms with Crippen molar-refractivity contribution >= 4 is 49.9 Å². The van der Waals surface area contributed by atoms with Crippen LogP contribution in [0.3, 0.4) is 0 Å². The van der Waals surface area contributed by atoms with Gasteiger partial charge in [-0.1, -0.05) is 22.9 Å². The number of ether oxygens (including phenoxy) is 2. The van der Waals surface area contributed by atoms with Gasteiger partial charge in [0.1, 0.15) is 22.0 Å². The second-order valence-electron chi connectivity index (χ2n) is 5.07. The predicted molar refractivity (Wildman–Crippen MR) is 98.8 cm³/mol. The quantitative estimate of drug-likeness (QED) is 0.516. The lowest BCUT2D eigenvalue weighted by Gasteiger charge is -2.04. The molecule has 0 aliphatic rings. The Morgan fingerprint density at radius 2 is 2.04 bits per heavy atom. The van der Waals surface area contributed by atoms with Gasteiger partial charge in [-0.05, 0) is 18.2 Å². The number of carbonyl (C=O) groups excluding carboxylic acids is 1. The first-order valence-corrected chi connectivity index (χ1v) is 8.40. The number of hydrogen-bond acceptors (Lipinski definition) is 7. The minimum absolute atomic E-state index is 0.0385. The second-order valence-corrected chi connectivity index (χ2v) is 6.51. The summed E-state index contributed by atoms with van der Waals surface area (Å²) in [6.45, 7) is 0. The first-order valence-electron chi connectivity index (χ1n) is 7.20. The summed E-state index contributed by atoms with van der Waals surface area (Å²) in [4.78, 5) is 27.0. The maximum Gasteiger partial charge on any atom is 0.288 e. The molecule has 0 saturated carbocycles. The zero-order valence-electron chi connectivity index (χ0n) is 13.6. The molecule has 0 fully saturated rings. The lowest BCUT2D eigenvalue weighted by Crippen LogP contribution is -2.12. The van der Waals surface area contributed by atoms with Crippen LogP contribution in [0.25, 0.3) is 10.2 Å². The Labute approximate surface area is 156 Å². The fourth-order valence-corrected chi connectivity index (χ4v) is 3.36. The number of amides is 1. The number of nitrogens with one attached hydrogen (secondary N) is 1. The molecule has 1 aromatic heterocycles. The Balaban J connectivity index is 1.92. The maximum atomic E-state index is 12.4. The van der Waals surface area contributed by atoms with Crippen LogP contribution >= 0.6 is 22.9 Å². The average Bonchev–Trinajstić information content (AvgIpc) is 3.02. The van der Waals surface area contributed by atoms with Crippen molar-refractivity contribution in [2.75, 3.05) is 19.5 Å². The summed E-state index contributed by atoms with van der Waals surface area (Å²) in [5, 5.41) is 13.9. The molecule has 0 unspecified atom stereocenters. The molecule has 0 radical (unpaired) electrons. The first kappa shape index (κ1) is 17.9. The van der Waals surface area contributed by atoms with E-state index in [2.05, 4.69) is 10.3 Å². The largest absolute Gasteiger partial charge is 0.497 e. The number of benzene rings is 2. The average molecular weight is 394 g/mol. The van der Waals surface area contributed by atoms with Crippen molar-refractivity contribution in [2.24, 2.45) is 0 Å². The summed E-state index contributed by atoms with van der Waals surface area (Å²) in [6, 6.07) is 7.30. The topological polar surface area (TPSA) is 104 Å². The van der Waals surface area contributed by atoms with Crippen molar-refractivity contribution in [3.63, 3.8) is 0 Å². The number of carbonyl (C=O) groups is 1. The molecule has 0 bridgehead atoms. The molecule has 1 N–H and O–H groups in total. The summed E-state index contributed by atoms with van der Waals surface area (Å²) < 4.78 is 11.3. The minimum atomic E-state index is -0.645.